The van der Waals surface area contributed by atoms with Gasteiger partial charge in [0, 0.05) is 21.7 Å². The lowest BCUT2D eigenvalue weighted by Gasteiger charge is -2.26. The third kappa shape index (κ3) is 2.92. The lowest BCUT2D eigenvalue weighted by Crippen LogP contribution is -2.34. The number of halogens is 1. The fourth-order valence-electron chi connectivity index (χ4n) is 1.75. The maximum atomic E-state index is 12.1. The van der Waals surface area contributed by atoms with Crippen molar-refractivity contribution in [3.05, 3.63) is 0 Å². The molecule has 1 rings (SSSR count). The predicted octanol–water partition coefficient (Wildman–Crippen LogP) is 2.22. The van der Waals surface area contributed by atoms with Crippen molar-refractivity contribution >= 4 is 34.3 Å². The van der Waals surface area contributed by atoms with Crippen LogP contribution in [0.1, 0.15) is 27.2 Å². The predicted molar refractivity (Wildman–Crippen MR) is 65.9 cm³/mol. The maximum absolute atomic E-state index is 12.1. The van der Waals surface area contributed by atoms with Crippen molar-refractivity contribution in [1.82, 2.24) is 0 Å². The smallest absolute Gasteiger partial charge is 0.306 e. The number of carbonyl (C=O) groups is 2. The van der Waals surface area contributed by atoms with Crippen LogP contribution in [0, 0.1) is 17.3 Å². The van der Waals surface area contributed by atoms with Crippen molar-refractivity contribution in [2.75, 3.05) is 11.0 Å². The molecule has 0 aromatic carbocycles. The van der Waals surface area contributed by atoms with Gasteiger partial charge < -0.3 is 4.74 Å². The van der Waals surface area contributed by atoms with Crippen LogP contribution in [-0.2, 0) is 14.3 Å². The number of carbonyl (C=O) groups excluding carboxylic acids is 2. The summed E-state index contributed by atoms with van der Waals surface area (Å²) in [6, 6.07) is 0. The summed E-state index contributed by atoms with van der Waals surface area (Å²) in [7, 11) is 0. The number of Topliss-reactive ketones (excluding diaryl/α,β-unsaturated/α-hetero) is 1. The molecule has 0 bridgehead atoms. The molecule has 86 valence electrons. The van der Waals surface area contributed by atoms with E-state index < -0.39 is 0 Å². The van der Waals surface area contributed by atoms with Gasteiger partial charge >= 0.3 is 5.97 Å². The average molecular weight is 324 g/mol. The minimum absolute atomic E-state index is 0.0761. The number of rotatable bonds is 4. The van der Waals surface area contributed by atoms with Crippen LogP contribution in [-0.4, -0.2) is 22.8 Å². The minimum atomic E-state index is -0.300. The molecular formula is C11H17IO3. The fraction of sp³-hybridized carbons (Fsp3) is 0.818. The average Bonchev–Trinajstić information content (AvgIpc) is 2.62. The lowest BCUT2D eigenvalue weighted by atomic mass is 9.78. The van der Waals surface area contributed by atoms with Crippen LogP contribution in [0.4, 0.5) is 0 Å². The maximum Gasteiger partial charge on any atom is 0.306 e. The molecule has 0 aromatic rings. The number of esters is 1. The standard InChI is InChI=1S/C11H17IO3/c1-7(8-4-9(13)15-5-8)10(14)11(2,3)6-12/h7-8H,4-6H2,1-3H3. The molecule has 0 spiro atoms. The van der Waals surface area contributed by atoms with Crippen LogP contribution in [0.3, 0.4) is 0 Å². The molecule has 0 amide bonds. The number of hydrogen-bond donors (Lipinski definition) is 0. The molecule has 2 unspecified atom stereocenters. The van der Waals surface area contributed by atoms with E-state index in [1.54, 1.807) is 0 Å². The van der Waals surface area contributed by atoms with Crippen LogP contribution in [0.25, 0.3) is 0 Å². The Hall–Kier alpha value is -0.130. The summed E-state index contributed by atoms with van der Waals surface area (Å²) >= 11 is 2.23. The highest BCUT2D eigenvalue weighted by Gasteiger charge is 2.38. The monoisotopic (exact) mass is 324 g/mol. The second-order valence-electron chi connectivity index (χ2n) is 4.82. The van der Waals surface area contributed by atoms with Crippen LogP contribution in [0.15, 0.2) is 0 Å². The Morgan fingerprint density at radius 3 is 2.67 bits per heavy atom. The normalized spacial score (nSPS) is 23.7. The molecule has 0 aromatic heterocycles. The van der Waals surface area contributed by atoms with Gasteiger partial charge in [-0.25, -0.2) is 0 Å². The molecule has 0 aliphatic carbocycles. The van der Waals surface area contributed by atoms with Gasteiger partial charge in [-0.2, -0.15) is 0 Å². The topological polar surface area (TPSA) is 43.4 Å². The van der Waals surface area contributed by atoms with E-state index in [1.165, 1.54) is 0 Å². The first-order valence-electron chi connectivity index (χ1n) is 5.14. The summed E-state index contributed by atoms with van der Waals surface area (Å²) < 4.78 is 5.69. The number of cyclic esters (lactones) is 1. The van der Waals surface area contributed by atoms with Gasteiger partial charge in [-0.05, 0) is 0 Å². The molecule has 0 N–H and O–H groups in total. The number of ether oxygens (including phenoxy) is 1. The highest BCUT2D eigenvalue weighted by molar-refractivity contribution is 14.1. The molecule has 1 aliphatic rings. The summed E-state index contributed by atoms with van der Waals surface area (Å²) in [5, 5.41) is 0. The van der Waals surface area contributed by atoms with E-state index in [9.17, 15) is 9.59 Å². The van der Waals surface area contributed by atoms with Gasteiger partial charge in [0.1, 0.15) is 5.78 Å². The lowest BCUT2D eigenvalue weighted by molar-refractivity contribution is -0.138. The molecule has 1 fully saturated rings. The Balaban J connectivity index is 2.64. The summed E-state index contributed by atoms with van der Waals surface area (Å²) in [6.07, 6.45) is 0.393. The van der Waals surface area contributed by atoms with Gasteiger partial charge in [-0.15, -0.1) is 0 Å². The number of alkyl halides is 1. The Kier molecular flexibility index (Phi) is 4.14. The van der Waals surface area contributed by atoms with Crippen molar-refractivity contribution in [2.45, 2.75) is 27.2 Å². The molecule has 2 atom stereocenters. The second kappa shape index (κ2) is 4.80. The number of ketones is 1. The minimum Gasteiger partial charge on any atom is -0.465 e. The third-order valence-electron chi connectivity index (χ3n) is 3.01. The molecule has 1 saturated heterocycles. The summed E-state index contributed by atoms with van der Waals surface area (Å²) in [4.78, 5) is 23.1. The Morgan fingerprint density at radius 1 is 1.67 bits per heavy atom. The largest absolute Gasteiger partial charge is 0.465 e. The fourth-order valence-corrected chi connectivity index (χ4v) is 2.13. The second-order valence-corrected chi connectivity index (χ2v) is 5.58. The van der Waals surface area contributed by atoms with E-state index in [2.05, 4.69) is 22.6 Å². The molecular weight excluding hydrogens is 307 g/mol. The summed E-state index contributed by atoms with van der Waals surface area (Å²) in [5.74, 6) is 0.0561. The molecule has 1 aliphatic heterocycles. The summed E-state index contributed by atoms with van der Waals surface area (Å²) in [5.41, 5.74) is -0.300. The van der Waals surface area contributed by atoms with Crippen LogP contribution in [0.2, 0.25) is 0 Å². The SMILES string of the molecule is CC(C(=O)C(C)(C)CI)C1COC(=O)C1. The van der Waals surface area contributed by atoms with E-state index in [1.807, 2.05) is 20.8 Å². The van der Waals surface area contributed by atoms with Crippen molar-refractivity contribution in [3.8, 4) is 0 Å². The zero-order chi connectivity index (χ0) is 11.6. The first-order chi connectivity index (χ1) is 6.88. The zero-order valence-corrected chi connectivity index (χ0v) is 11.5. The van der Waals surface area contributed by atoms with Crippen molar-refractivity contribution in [3.63, 3.8) is 0 Å². The highest BCUT2D eigenvalue weighted by Crippen LogP contribution is 2.31. The van der Waals surface area contributed by atoms with E-state index >= 15 is 0 Å². The molecule has 3 nitrogen and oxygen atoms in total. The number of hydrogen-bond acceptors (Lipinski definition) is 3. The van der Waals surface area contributed by atoms with E-state index in [0.717, 1.165) is 4.43 Å². The Bertz CT molecular complexity index is 273. The van der Waals surface area contributed by atoms with Gasteiger partial charge in [0.05, 0.1) is 13.0 Å². The van der Waals surface area contributed by atoms with Gasteiger partial charge in [0.2, 0.25) is 0 Å². The highest BCUT2D eigenvalue weighted by atomic mass is 127. The first-order valence-corrected chi connectivity index (χ1v) is 6.67. The van der Waals surface area contributed by atoms with Gasteiger partial charge in [-0.1, -0.05) is 43.4 Å². The van der Waals surface area contributed by atoms with Crippen LogP contribution in [0.5, 0.6) is 0 Å². The molecule has 0 radical (unpaired) electrons. The Morgan fingerprint density at radius 2 is 2.27 bits per heavy atom. The molecule has 1 heterocycles. The van der Waals surface area contributed by atoms with E-state index in [0.29, 0.717) is 13.0 Å². The zero-order valence-electron chi connectivity index (χ0n) is 9.38. The Labute approximate surface area is 104 Å². The van der Waals surface area contributed by atoms with Gasteiger partial charge in [-0.3, -0.25) is 9.59 Å². The molecule has 4 heteroatoms. The van der Waals surface area contributed by atoms with Crippen LogP contribution >= 0.6 is 22.6 Å². The first kappa shape index (κ1) is 12.9. The van der Waals surface area contributed by atoms with E-state index in [-0.39, 0.29) is 29.0 Å². The third-order valence-corrected chi connectivity index (χ3v) is 4.92. The van der Waals surface area contributed by atoms with Crippen molar-refractivity contribution in [1.29, 1.82) is 0 Å². The van der Waals surface area contributed by atoms with E-state index in [4.69, 9.17) is 4.74 Å². The van der Waals surface area contributed by atoms with Crippen molar-refractivity contribution < 1.29 is 14.3 Å². The molecule has 15 heavy (non-hydrogen) atoms. The molecule has 0 saturated carbocycles. The van der Waals surface area contributed by atoms with Crippen LogP contribution < -0.4 is 0 Å². The van der Waals surface area contributed by atoms with Gasteiger partial charge in [0.15, 0.2) is 0 Å². The summed E-state index contributed by atoms with van der Waals surface area (Å²) in [6.45, 7) is 6.22. The van der Waals surface area contributed by atoms with Crippen molar-refractivity contribution in [2.24, 2.45) is 17.3 Å². The quantitative estimate of drug-likeness (QED) is 0.452. The van der Waals surface area contributed by atoms with Gasteiger partial charge in [0.25, 0.3) is 0 Å².